The number of hydrogen-bond acceptors (Lipinski definition) is 3. The predicted molar refractivity (Wildman–Crippen MR) is 68.9 cm³/mol. The van der Waals surface area contributed by atoms with Crippen LogP contribution in [0.25, 0.3) is 0 Å². The summed E-state index contributed by atoms with van der Waals surface area (Å²) in [6, 6.07) is 4.73. The topological polar surface area (TPSA) is 80.5 Å². The van der Waals surface area contributed by atoms with E-state index in [2.05, 4.69) is 6.92 Å². The quantitative estimate of drug-likeness (QED) is 0.830. The molecule has 1 unspecified atom stereocenters. The molecule has 1 aromatic carbocycles. The molecule has 2 N–H and O–H groups in total. The van der Waals surface area contributed by atoms with Gasteiger partial charge in [-0.15, -0.1) is 0 Å². The van der Waals surface area contributed by atoms with Gasteiger partial charge in [-0.1, -0.05) is 13.0 Å². The minimum atomic E-state index is -3.74. The number of carbonyl (C=O) groups excluding carboxylic acids is 1. The summed E-state index contributed by atoms with van der Waals surface area (Å²) >= 11 is 0. The van der Waals surface area contributed by atoms with Crippen LogP contribution in [0.3, 0.4) is 0 Å². The van der Waals surface area contributed by atoms with E-state index in [0.29, 0.717) is 18.2 Å². The Morgan fingerprint density at radius 2 is 2.11 bits per heavy atom. The van der Waals surface area contributed by atoms with Crippen LogP contribution in [0.4, 0.5) is 5.69 Å². The highest BCUT2D eigenvalue weighted by atomic mass is 32.2. The maximum Gasteiger partial charge on any atom is 0.238 e. The van der Waals surface area contributed by atoms with Gasteiger partial charge in [0.25, 0.3) is 0 Å². The van der Waals surface area contributed by atoms with Gasteiger partial charge in [-0.3, -0.25) is 4.79 Å². The van der Waals surface area contributed by atoms with Crippen molar-refractivity contribution in [2.45, 2.75) is 31.1 Å². The van der Waals surface area contributed by atoms with E-state index in [1.807, 2.05) is 0 Å². The molecule has 1 amide bonds. The molecule has 6 heteroatoms. The standard InChI is InChI=1S/C12H16N2O3S/c1-8-5-6-14(9(2)15)12-7-10(18(13,16)17)3-4-11(8)12/h3-4,7-8H,5-6H2,1-2H3,(H2,13,16,17). The lowest BCUT2D eigenvalue weighted by atomic mass is 9.91. The molecule has 0 aliphatic carbocycles. The summed E-state index contributed by atoms with van der Waals surface area (Å²) in [4.78, 5) is 13.2. The van der Waals surface area contributed by atoms with Crippen LogP contribution in [-0.4, -0.2) is 20.9 Å². The van der Waals surface area contributed by atoms with Crippen LogP contribution < -0.4 is 10.0 Å². The van der Waals surface area contributed by atoms with Crippen molar-refractivity contribution in [2.75, 3.05) is 11.4 Å². The zero-order chi connectivity index (χ0) is 13.5. The average Bonchev–Trinajstić information content (AvgIpc) is 2.27. The number of nitrogens with two attached hydrogens (primary N) is 1. The summed E-state index contributed by atoms with van der Waals surface area (Å²) in [7, 11) is -3.74. The minimum absolute atomic E-state index is 0.0431. The Labute approximate surface area is 107 Å². The smallest absolute Gasteiger partial charge is 0.238 e. The number of hydrogen-bond donors (Lipinski definition) is 1. The van der Waals surface area contributed by atoms with E-state index in [9.17, 15) is 13.2 Å². The van der Waals surface area contributed by atoms with E-state index in [1.54, 1.807) is 11.0 Å². The summed E-state index contributed by atoms with van der Waals surface area (Å²) in [6.45, 7) is 4.15. The van der Waals surface area contributed by atoms with Gasteiger partial charge in [-0.2, -0.15) is 0 Å². The summed E-state index contributed by atoms with van der Waals surface area (Å²) in [5.41, 5.74) is 1.65. The third kappa shape index (κ3) is 2.26. The van der Waals surface area contributed by atoms with Crippen molar-refractivity contribution in [1.82, 2.24) is 0 Å². The van der Waals surface area contributed by atoms with Gasteiger partial charge in [0.05, 0.1) is 4.90 Å². The van der Waals surface area contributed by atoms with Crippen LogP contribution >= 0.6 is 0 Å². The molecule has 1 aromatic rings. The summed E-state index contributed by atoms with van der Waals surface area (Å²) < 4.78 is 22.7. The molecule has 0 fully saturated rings. The van der Waals surface area contributed by atoms with Gasteiger partial charge in [0.1, 0.15) is 0 Å². The molecule has 0 saturated carbocycles. The Morgan fingerprint density at radius 1 is 1.44 bits per heavy atom. The van der Waals surface area contributed by atoms with Gasteiger partial charge in [0.15, 0.2) is 0 Å². The molecular formula is C12H16N2O3S. The van der Waals surface area contributed by atoms with Crippen molar-refractivity contribution < 1.29 is 13.2 Å². The van der Waals surface area contributed by atoms with Crippen molar-refractivity contribution in [3.8, 4) is 0 Å². The monoisotopic (exact) mass is 268 g/mol. The lowest BCUT2D eigenvalue weighted by Crippen LogP contribution is -2.34. The highest BCUT2D eigenvalue weighted by Crippen LogP contribution is 2.36. The number of sulfonamides is 1. The van der Waals surface area contributed by atoms with Gasteiger partial charge < -0.3 is 4.90 Å². The second kappa shape index (κ2) is 4.37. The van der Waals surface area contributed by atoms with Crippen LogP contribution in [0.15, 0.2) is 23.1 Å². The maximum absolute atomic E-state index is 11.6. The van der Waals surface area contributed by atoms with E-state index in [4.69, 9.17) is 5.14 Å². The second-order valence-corrected chi connectivity index (χ2v) is 6.19. The van der Waals surface area contributed by atoms with Gasteiger partial charge >= 0.3 is 0 Å². The summed E-state index contributed by atoms with van der Waals surface area (Å²) in [6.07, 6.45) is 0.876. The normalized spacial score (nSPS) is 19.5. The Bertz CT molecular complexity index is 595. The molecule has 98 valence electrons. The van der Waals surface area contributed by atoms with Crippen molar-refractivity contribution in [2.24, 2.45) is 5.14 Å². The number of primary sulfonamides is 1. The molecule has 2 rings (SSSR count). The van der Waals surface area contributed by atoms with E-state index in [1.165, 1.54) is 19.1 Å². The molecule has 1 aliphatic rings. The van der Waals surface area contributed by atoms with Gasteiger partial charge in [-0.25, -0.2) is 13.6 Å². The van der Waals surface area contributed by atoms with Crippen LogP contribution in [-0.2, 0) is 14.8 Å². The van der Waals surface area contributed by atoms with Crippen molar-refractivity contribution in [3.05, 3.63) is 23.8 Å². The Kier molecular flexibility index (Phi) is 3.16. The fraction of sp³-hybridized carbons (Fsp3) is 0.417. The maximum atomic E-state index is 11.6. The molecular weight excluding hydrogens is 252 g/mol. The highest BCUT2D eigenvalue weighted by molar-refractivity contribution is 7.89. The van der Waals surface area contributed by atoms with E-state index in [0.717, 1.165) is 12.0 Å². The molecule has 0 bridgehead atoms. The van der Waals surface area contributed by atoms with Crippen molar-refractivity contribution in [1.29, 1.82) is 0 Å². The summed E-state index contributed by atoms with van der Waals surface area (Å²) in [5.74, 6) is 0.222. The molecule has 0 spiro atoms. The lowest BCUT2D eigenvalue weighted by molar-refractivity contribution is -0.116. The Hall–Kier alpha value is -1.40. The molecule has 0 aromatic heterocycles. The minimum Gasteiger partial charge on any atom is -0.312 e. The largest absolute Gasteiger partial charge is 0.312 e. The van der Waals surface area contributed by atoms with Gasteiger partial charge in [0.2, 0.25) is 15.9 Å². The molecule has 0 saturated heterocycles. The van der Waals surface area contributed by atoms with E-state index in [-0.39, 0.29) is 10.8 Å². The lowest BCUT2D eigenvalue weighted by Gasteiger charge is -2.32. The van der Waals surface area contributed by atoms with Crippen LogP contribution in [0.2, 0.25) is 0 Å². The fourth-order valence-corrected chi connectivity index (χ4v) is 2.81. The average molecular weight is 268 g/mol. The number of rotatable bonds is 1. The predicted octanol–water partition coefficient (Wildman–Crippen LogP) is 1.19. The van der Waals surface area contributed by atoms with Crippen LogP contribution in [0, 0.1) is 0 Å². The van der Waals surface area contributed by atoms with E-state index < -0.39 is 10.0 Å². The number of amides is 1. The third-order valence-corrected chi connectivity index (χ3v) is 4.23. The first-order valence-electron chi connectivity index (χ1n) is 5.75. The number of carbonyl (C=O) groups is 1. The number of nitrogens with zero attached hydrogens (tertiary/aromatic N) is 1. The number of fused-ring (bicyclic) bond motifs is 1. The molecule has 1 aliphatic heterocycles. The van der Waals surface area contributed by atoms with Crippen molar-refractivity contribution in [3.63, 3.8) is 0 Å². The third-order valence-electron chi connectivity index (χ3n) is 3.32. The molecule has 1 atom stereocenters. The number of anilines is 1. The SMILES string of the molecule is CC(=O)N1CCC(C)c2ccc(S(N)(=O)=O)cc21. The van der Waals surface area contributed by atoms with E-state index >= 15 is 0 Å². The summed E-state index contributed by atoms with van der Waals surface area (Å²) in [5, 5.41) is 5.11. The first-order chi connectivity index (χ1) is 8.30. The van der Waals surface area contributed by atoms with Crippen LogP contribution in [0.5, 0.6) is 0 Å². The second-order valence-electron chi connectivity index (χ2n) is 4.63. The number of benzene rings is 1. The zero-order valence-corrected chi connectivity index (χ0v) is 11.2. The first-order valence-corrected chi connectivity index (χ1v) is 7.30. The van der Waals surface area contributed by atoms with Gasteiger partial charge in [-0.05, 0) is 30.0 Å². The van der Waals surface area contributed by atoms with Crippen molar-refractivity contribution >= 4 is 21.6 Å². The molecule has 18 heavy (non-hydrogen) atoms. The molecule has 1 heterocycles. The van der Waals surface area contributed by atoms with Crippen LogP contribution in [0.1, 0.15) is 31.7 Å². The Morgan fingerprint density at radius 3 is 2.67 bits per heavy atom. The van der Waals surface area contributed by atoms with Gasteiger partial charge in [0, 0.05) is 19.2 Å². The molecule has 0 radical (unpaired) electrons. The highest BCUT2D eigenvalue weighted by Gasteiger charge is 2.26. The fourth-order valence-electron chi connectivity index (χ4n) is 2.28. The zero-order valence-electron chi connectivity index (χ0n) is 10.4. The molecule has 5 nitrogen and oxygen atoms in total. The Balaban J connectivity index is 2.60. The first kappa shape index (κ1) is 13.0.